The Hall–Kier alpha value is -4.25. The molecule has 0 radical (unpaired) electrons. The fourth-order valence-electron chi connectivity index (χ4n) is 3.57. The van der Waals surface area contributed by atoms with E-state index in [2.05, 4.69) is 32.2 Å². The normalized spacial score (nSPS) is 10.4. The van der Waals surface area contributed by atoms with Gasteiger partial charge in [-0.15, -0.1) is 0 Å². The van der Waals surface area contributed by atoms with E-state index in [9.17, 15) is 14.4 Å². The molecule has 0 aliphatic carbocycles. The van der Waals surface area contributed by atoms with Crippen molar-refractivity contribution in [2.75, 3.05) is 0 Å². The Balaban J connectivity index is 1.71. The molecule has 0 amide bonds. The van der Waals surface area contributed by atoms with Crippen LogP contribution in [-0.2, 0) is 20.8 Å². The first-order chi connectivity index (χ1) is 17.2. The molecule has 0 N–H and O–H groups in total. The summed E-state index contributed by atoms with van der Waals surface area (Å²) in [6.45, 7) is 12.5. The lowest BCUT2D eigenvalue weighted by Crippen LogP contribution is -2.10. The van der Waals surface area contributed by atoms with Gasteiger partial charge in [0.1, 0.15) is 11.5 Å². The molecular formula is C31H30O5. The molecule has 5 nitrogen and oxygen atoms in total. The molecule has 0 aliphatic rings. The van der Waals surface area contributed by atoms with Crippen molar-refractivity contribution < 1.29 is 23.9 Å². The zero-order chi connectivity index (χ0) is 26.2. The zero-order valence-corrected chi connectivity index (χ0v) is 20.9. The Kier molecular flexibility index (Phi) is 8.74. The van der Waals surface area contributed by atoms with Gasteiger partial charge in [-0.25, -0.2) is 4.79 Å². The lowest BCUT2D eigenvalue weighted by atomic mass is 9.93. The molecule has 3 aromatic carbocycles. The summed E-state index contributed by atoms with van der Waals surface area (Å²) in [6.07, 6.45) is 0.959. The van der Waals surface area contributed by atoms with E-state index in [1.54, 1.807) is 38.1 Å². The molecule has 0 saturated heterocycles. The van der Waals surface area contributed by atoms with Crippen molar-refractivity contribution in [2.24, 2.45) is 0 Å². The van der Waals surface area contributed by atoms with Crippen molar-refractivity contribution in [3.05, 3.63) is 96.6 Å². The van der Waals surface area contributed by atoms with Gasteiger partial charge in [0.05, 0.1) is 6.42 Å². The number of ether oxygens (including phenoxy) is 2. The smallest absolute Gasteiger partial charge is 0.338 e. The molecule has 0 aromatic heterocycles. The van der Waals surface area contributed by atoms with Gasteiger partial charge in [-0.3, -0.25) is 9.59 Å². The largest absolute Gasteiger partial charge is 0.427 e. The van der Waals surface area contributed by atoms with Gasteiger partial charge in [0, 0.05) is 12.0 Å². The third-order valence-electron chi connectivity index (χ3n) is 5.66. The number of hydrogen-bond donors (Lipinski definition) is 0. The number of Topliss-reactive ketones (excluding diaryl/α,β-unsaturated/α-hetero) is 1. The predicted molar refractivity (Wildman–Crippen MR) is 142 cm³/mol. The maximum absolute atomic E-state index is 12.0. The van der Waals surface area contributed by atoms with Gasteiger partial charge in [0.15, 0.2) is 5.78 Å². The minimum Gasteiger partial charge on any atom is -0.427 e. The number of ketones is 1. The summed E-state index contributed by atoms with van der Waals surface area (Å²) in [6, 6.07) is 21.0. The molecule has 184 valence electrons. The predicted octanol–water partition coefficient (Wildman–Crippen LogP) is 6.90. The first-order valence-corrected chi connectivity index (χ1v) is 11.8. The fraction of sp³-hybridized carbons (Fsp3) is 0.194. The van der Waals surface area contributed by atoms with E-state index in [4.69, 9.17) is 9.47 Å². The van der Waals surface area contributed by atoms with Gasteiger partial charge in [-0.05, 0) is 77.9 Å². The van der Waals surface area contributed by atoms with E-state index in [0.29, 0.717) is 22.6 Å². The number of benzene rings is 3. The van der Waals surface area contributed by atoms with Gasteiger partial charge < -0.3 is 9.47 Å². The molecule has 0 atom stereocenters. The molecule has 0 fully saturated rings. The minimum absolute atomic E-state index is 0.0199. The van der Waals surface area contributed by atoms with Crippen LogP contribution in [-0.4, -0.2) is 17.7 Å². The van der Waals surface area contributed by atoms with Crippen LogP contribution < -0.4 is 9.47 Å². The van der Waals surface area contributed by atoms with Crippen molar-refractivity contribution in [3.8, 4) is 33.8 Å². The summed E-state index contributed by atoms with van der Waals surface area (Å²) >= 11 is 0. The number of aryl methyl sites for hydroxylation is 1. The summed E-state index contributed by atoms with van der Waals surface area (Å²) in [5.74, 6) is -0.119. The van der Waals surface area contributed by atoms with Gasteiger partial charge in [-0.1, -0.05) is 62.5 Å². The molecule has 0 bridgehead atoms. The van der Waals surface area contributed by atoms with Crippen LogP contribution in [0, 0.1) is 0 Å². The van der Waals surface area contributed by atoms with Crippen LogP contribution in [0.1, 0.15) is 39.2 Å². The number of carbonyl (C=O) groups excluding carboxylic acids is 3. The second kappa shape index (κ2) is 11.9. The Bertz CT molecular complexity index is 1300. The highest BCUT2D eigenvalue weighted by Gasteiger charge is 2.11. The van der Waals surface area contributed by atoms with Crippen molar-refractivity contribution in [3.63, 3.8) is 0 Å². The number of esters is 2. The molecule has 0 saturated carbocycles. The van der Waals surface area contributed by atoms with Gasteiger partial charge in [0.2, 0.25) is 0 Å². The second-order valence-corrected chi connectivity index (χ2v) is 8.62. The number of hydrogen-bond acceptors (Lipinski definition) is 5. The van der Waals surface area contributed by atoms with Crippen molar-refractivity contribution in [1.29, 1.82) is 0 Å². The molecule has 0 heterocycles. The average Bonchev–Trinajstić information content (AvgIpc) is 2.87. The summed E-state index contributed by atoms with van der Waals surface area (Å²) < 4.78 is 10.6. The summed E-state index contributed by atoms with van der Waals surface area (Å²) in [4.78, 5) is 35.4. The highest BCUT2D eigenvalue weighted by Crippen LogP contribution is 2.31. The van der Waals surface area contributed by atoms with Gasteiger partial charge >= 0.3 is 11.9 Å². The van der Waals surface area contributed by atoms with Crippen LogP contribution in [0.4, 0.5) is 0 Å². The third kappa shape index (κ3) is 6.89. The maximum Gasteiger partial charge on any atom is 0.338 e. The van der Waals surface area contributed by atoms with E-state index < -0.39 is 11.9 Å². The highest BCUT2D eigenvalue weighted by molar-refractivity contribution is 5.95. The highest BCUT2D eigenvalue weighted by atomic mass is 16.5. The zero-order valence-electron chi connectivity index (χ0n) is 20.9. The maximum atomic E-state index is 12.0. The van der Waals surface area contributed by atoms with Gasteiger partial charge in [0.25, 0.3) is 0 Å². The van der Waals surface area contributed by atoms with Crippen molar-refractivity contribution in [1.82, 2.24) is 0 Å². The number of carbonyl (C=O) groups is 3. The van der Waals surface area contributed by atoms with Crippen LogP contribution in [0.25, 0.3) is 22.3 Å². The van der Waals surface area contributed by atoms with E-state index in [0.717, 1.165) is 28.7 Å². The Morgan fingerprint density at radius 2 is 1.25 bits per heavy atom. The Labute approximate surface area is 212 Å². The quantitative estimate of drug-likeness (QED) is 0.179. The van der Waals surface area contributed by atoms with Crippen LogP contribution in [0.15, 0.2) is 91.0 Å². The minimum atomic E-state index is -0.449. The topological polar surface area (TPSA) is 69.7 Å². The molecule has 3 rings (SSSR count). The monoisotopic (exact) mass is 482 g/mol. The first-order valence-electron chi connectivity index (χ1n) is 11.8. The second-order valence-electron chi connectivity index (χ2n) is 8.62. The van der Waals surface area contributed by atoms with Crippen molar-refractivity contribution in [2.45, 2.75) is 40.0 Å². The van der Waals surface area contributed by atoms with Crippen LogP contribution in [0.2, 0.25) is 0 Å². The Morgan fingerprint density at radius 1 is 0.694 bits per heavy atom. The molecule has 0 unspecified atom stereocenters. The summed E-state index contributed by atoms with van der Waals surface area (Å²) in [5, 5.41) is 0. The summed E-state index contributed by atoms with van der Waals surface area (Å²) in [7, 11) is 0. The number of allylic oxidation sites excluding steroid dienone is 1. The average molecular weight is 483 g/mol. The van der Waals surface area contributed by atoms with Gasteiger partial charge in [-0.2, -0.15) is 0 Å². The third-order valence-corrected chi connectivity index (χ3v) is 5.66. The molecule has 0 spiro atoms. The lowest BCUT2D eigenvalue weighted by molar-refractivity contribution is -0.135. The van der Waals surface area contributed by atoms with E-state index in [1.807, 2.05) is 30.3 Å². The van der Waals surface area contributed by atoms with E-state index in [-0.39, 0.29) is 18.6 Å². The van der Waals surface area contributed by atoms with E-state index in [1.165, 1.54) is 5.56 Å². The standard InChI is InChI=1S/C31H30O5/c1-6-22-19-25(11-16-28(22)24-9-14-27(15-10-24)36-31(34)21(4)5)23-7-12-26(13-8-23)35-30(33)18-17-29(32)20(2)3/h7-16,19H,2,4,6,17-18H2,1,3,5H3. The summed E-state index contributed by atoms with van der Waals surface area (Å²) in [5.41, 5.74) is 6.14. The SMILES string of the molecule is C=C(C)C(=O)CCC(=O)Oc1ccc(-c2ccc(-c3ccc(OC(=O)C(=C)C)cc3)c(CC)c2)cc1. The van der Waals surface area contributed by atoms with Crippen molar-refractivity contribution >= 4 is 17.7 Å². The molecule has 5 heteroatoms. The van der Waals surface area contributed by atoms with Crippen LogP contribution in [0.5, 0.6) is 11.5 Å². The number of rotatable bonds is 10. The lowest BCUT2D eigenvalue weighted by Gasteiger charge is -2.12. The first kappa shape index (κ1) is 26.4. The van der Waals surface area contributed by atoms with Crippen LogP contribution >= 0.6 is 0 Å². The molecular weight excluding hydrogens is 452 g/mol. The van der Waals surface area contributed by atoms with Crippen LogP contribution in [0.3, 0.4) is 0 Å². The fourth-order valence-corrected chi connectivity index (χ4v) is 3.57. The molecule has 0 aliphatic heterocycles. The molecule has 36 heavy (non-hydrogen) atoms. The Morgan fingerprint density at radius 3 is 1.81 bits per heavy atom. The molecule has 3 aromatic rings. The van der Waals surface area contributed by atoms with E-state index >= 15 is 0 Å².